The third-order valence-corrected chi connectivity index (χ3v) is 2.56. The lowest BCUT2D eigenvalue weighted by Crippen LogP contribution is -2.66. The van der Waals surface area contributed by atoms with E-state index in [1.165, 1.54) is 34.6 Å². The minimum absolute atomic E-state index is 0.195. The van der Waals surface area contributed by atoms with E-state index in [2.05, 4.69) is 0 Å². The molecule has 0 aliphatic carbocycles. The molecule has 0 aliphatic heterocycles. The number of carboxylic acids is 1. The first-order valence-corrected chi connectivity index (χ1v) is 5.97. The van der Waals surface area contributed by atoms with Crippen LogP contribution in [0.3, 0.4) is 0 Å². The Morgan fingerprint density at radius 3 is 1.70 bits per heavy atom. The molecule has 8 heteroatoms. The molecule has 0 saturated heterocycles. The summed E-state index contributed by atoms with van der Waals surface area (Å²) in [6.07, 6.45) is -6.46. The van der Waals surface area contributed by atoms with Gasteiger partial charge in [-0.15, -0.1) is 0 Å². The normalized spacial score (nSPS) is 15.7. The van der Waals surface area contributed by atoms with E-state index in [1.54, 1.807) is 0 Å². The minimum Gasteiger partial charge on any atom is -0.479 e. The molecule has 0 spiro atoms. The quantitative estimate of drug-likeness (QED) is 0.869. The van der Waals surface area contributed by atoms with Gasteiger partial charge in [-0.1, -0.05) is 0 Å². The maximum Gasteiger partial charge on any atom is 0.422 e. The molecule has 1 atom stereocenters. The summed E-state index contributed by atoms with van der Waals surface area (Å²) in [6, 6.07) is -1.01. The topological polar surface area (TPSA) is 66.8 Å². The van der Waals surface area contributed by atoms with Gasteiger partial charge in [-0.25, -0.2) is 9.59 Å². The van der Waals surface area contributed by atoms with Gasteiger partial charge in [0.2, 0.25) is 5.54 Å². The molecule has 0 fully saturated rings. The molecule has 118 valence electrons. The summed E-state index contributed by atoms with van der Waals surface area (Å²) in [6.45, 7) is 7.46. The average molecular weight is 299 g/mol. The zero-order chi connectivity index (χ0) is 16.5. The van der Waals surface area contributed by atoms with Crippen molar-refractivity contribution in [2.45, 2.75) is 64.9 Å². The maximum absolute atomic E-state index is 13.1. The van der Waals surface area contributed by atoms with Crippen LogP contribution in [0.2, 0.25) is 0 Å². The number of carbonyl (C=O) groups excluding carboxylic acids is 1. The Morgan fingerprint density at radius 1 is 1.10 bits per heavy atom. The molecule has 0 bridgehead atoms. The zero-order valence-electron chi connectivity index (χ0n) is 12.3. The number of hydrogen-bond donors (Lipinski definition) is 1. The molecule has 1 amide bonds. The molecule has 0 rings (SSSR count). The van der Waals surface area contributed by atoms with Crippen molar-refractivity contribution < 1.29 is 32.6 Å². The Labute approximate surface area is 115 Å². The summed E-state index contributed by atoms with van der Waals surface area (Å²) in [5.74, 6) is -2.16. The van der Waals surface area contributed by atoms with E-state index in [1.807, 2.05) is 0 Å². The standard InChI is InChI=1S/C12H20F3NO4/c1-7(2)16(9(19)20-10(3,4)5)11(6,8(17)18)12(13,14)15/h7H,1-6H3,(H,17,18). The lowest BCUT2D eigenvalue weighted by Gasteiger charge is -2.41. The van der Waals surface area contributed by atoms with Crippen LogP contribution in [0.25, 0.3) is 0 Å². The minimum atomic E-state index is -5.14. The third-order valence-electron chi connectivity index (χ3n) is 2.56. The second-order valence-corrected chi connectivity index (χ2v) is 5.82. The van der Waals surface area contributed by atoms with Crippen molar-refractivity contribution >= 4 is 12.1 Å². The van der Waals surface area contributed by atoms with Crippen molar-refractivity contribution in [3.63, 3.8) is 0 Å². The second kappa shape index (κ2) is 5.49. The van der Waals surface area contributed by atoms with Crippen LogP contribution in [0.15, 0.2) is 0 Å². The molecule has 1 N–H and O–H groups in total. The number of halogens is 3. The van der Waals surface area contributed by atoms with Crippen molar-refractivity contribution in [3.05, 3.63) is 0 Å². The fourth-order valence-electron chi connectivity index (χ4n) is 1.58. The van der Waals surface area contributed by atoms with E-state index in [0.29, 0.717) is 6.92 Å². The number of amides is 1. The van der Waals surface area contributed by atoms with Gasteiger partial charge in [-0.2, -0.15) is 13.2 Å². The van der Waals surface area contributed by atoms with Crippen LogP contribution >= 0.6 is 0 Å². The molecule has 5 nitrogen and oxygen atoms in total. The van der Waals surface area contributed by atoms with Crippen LogP contribution in [-0.4, -0.2) is 45.4 Å². The van der Waals surface area contributed by atoms with Gasteiger partial charge in [0.25, 0.3) is 0 Å². The van der Waals surface area contributed by atoms with Crippen molar-refractivity contribution in [2.75, 3.05) is 0 Å². The average Bonchev–Trinajstić information content (AvgIpc) is 2.11. The molecule has 0 saturated carbocycles. The van der Waals surface area contributed by atoms with E-state index in [4.69, 9.17) is 9.84 Å². The molecule has 0 radical (unpaired) electrons. The first kappa shape index (κ1) is 18.5. The molecular formula is C12H20F3NO4. The van der Waals surface area contributed by atoms with E-state index in [0.717, 1.165) is 0 Å². The monoisotopic (exact) mass is 299 g/mol. The van der Waals surface area contributed by atoms with Gasteiger partial charge in [0, 0.05) is 6.04 Å². The first-order chi connectivity index (χ1) is 8.64. The van der Waals surface area contributed by atoms with Crippen LogP contribution in [-0.2, 0) is 9.53 Å². The van der Waals surface area contributed by atoms with Crippen LogP contribution in [0.5, 0.6) is 0 Å². The van der Waals surface area contributed by atoms with Crippen molar-refractivity contribution in [1.29, 1.82) is 0 Å². The Hall–Kier alpha value is -1.47. The lowest BCUT2D eigenvalue weighted by atomic mass is 9.98. The Balaban J connectivity index is 5.78. The Bertz CT molecular complexity index is 387. The number of hydrogen-bond acceptors (Lipinski definition) is 3. The summed E-state index contributed by atoms with van der Waals surface area (Å²) in [5.41, 5.74) is -4.39. The fraction of sp³-hybridized carbons (Fsp3) is 0.833. The van der Waals surface area contributed by atoms with Gasteiger partial charge >= 0.3 is 18.2 Å². The Morgan fingerprint density at radius 2 is 1.50 bits per heavy atom. The van der Waals surface area contributed by atoms with Crippen molar-refractivity contribution in [2.24, 2.45) is 0 Å². The zero-order valence-corrected chi connectivity index (χ0v) is 12.3. The first-order valence-electron chi connectivity index (χ1n) is 5.97. The second-order valence-electron chi connectivity index (χ2n) is 5.82. The highest BCUT2D eigenvalue weighted by Crippen LogP contribution is 2.37. The molecule has 1 unspecified atom stereocenters. The van der Waals surface area contributed by atoms with Gasteiger partial charge in [-0.3, -0.25) is 4.90 Å². The SMILES string of the molecule is CC(C)N(C(=O)OC(C)(C)C)C(C)(C(=O)O)C(F)(F)F. The number of nitrogens with zero attached hydrogens (tertiary/aromatic N) is 1. The Kier molecular flexibility index (Phi) is 5.09. The highest BCUT2D eigenvalue weighted by molar-refractivity contribution is 5.85. The number of aliphatic carboxylic acids is 1. The molecule has 20 heavy (non-hydrogen) atoms. The van der Waals surface area contributed by atoms with Crippen LogP contribution < -0.4 is 0 Å². The predicted molar refractivity (Wildman–Crippen MR) is 65.3 cm³/mol. The maximum atomic E-state index is 13.1. The lowest BCUT2D eigenvalue weighted by molar-refractivity contribution is -0.232. The number of ether oxygens (including phenoxy) is 1. The number of alkyl halides is 3. The molecule has 0 aromatic rings. The summed E-state index contributed by atoms with van der Waals surface area (Å²) in [4.78, 5) is 23.2. The summed E-state index contributed by atoms with van der Waals surface area (Å²) >= 11 is 0. The molecule has 0 heterocycles. The molecule has 0 aliphatic rings. The highest BCUT2D eigenvalue weighted by atomic mass is 19.4. The van der Waals surface area contributed by atoms with E-state index < -0.39 is 35.4 Å². The number of carbonyl (C=O) groups is 2. The van der Waals surface area contributed by atoms with Gasteiger partial charge < -0.3 is 9.84 Å². The van der Waals surface area contributed by atoms with Crippen molar-refractivity contribution in [1.82, 2.24) is 4.90 Å². The largest absolute Gasteiger partial charge is 0.479 e. The smallest absolute Gasteiger partial charge is 0.422 e. The number of rotatable bonds is 3. The third kappa shape index (κ3) is 3.77. The van der Waals surface area contributed by atoms with Crippen LogP contribution in [0.4, 0.5) is 18.0 Å². The summed E-state index contributed by atoms with van der Waals surface area (Å²) in [5, 5.41) is 8.97. The van der Waals surface area contributed by atoms with Gasteiger partial charge in [0.15, 0.2) is 0 Å². The van der Waals surface area contributed by atoms with E-state index >= 15 is 0 Å². The number of carboxylic acid groups (broad SMARTS) is 1. The van der Waals surface area contributed by atoms with Gasteiger partial charge in [0.1, 0.15) is 5.60 Å². The fourth-order valence-corrected chi connectivity index (χ4v) is 1.58. The van der Waals surface area contributed by atoms with Gasteiger partial charge in [-0.05, 0) is 41.5 Å². The molecule has 0 aromatic heterocycles. The molecule has 0 aromatic carbocycles. The summed E-state index contributed by atoms with van der Waals surface area (Å²) in [7, 11) is 0. The van der Waals surface area contributed by atoms with Crippen LogP contribution in [0.1, 0.15) is 41.5 Å². The van der Waals surface area contributed by atoms with E-state index in [-0.39, 0.29) is 4.90 Å². The van der Waals surface area contributed by atoms with Gasteiger partial charge in [0.05, 0.1) is 0 Å². The van der Waals surface area contributed by atoms with E-state index in [9.17, 15) is 22.8 Å². The van der Waals surface area contributed by atoms with Crippen molar-refractivity contribution in [3.8, 4) is 0 Å². The predicted octanol–water partition coefficient (Wildman–Crippen LogP) is 3.04. The summed E-state index contributed by atoms with van der Waals surface area (Å²) < 4.78 is 44.3. The van der Waals surface area contributed by atoms with Crippen LogP contribution in [0, 0.1) is 0 Å². The highest BCUT2D eigenvalue weighted by Gasteiger charge is 2.64. The molecular weight excluding hydrogens is 279 g/mol.